The van der Waals surface area contributed by atoms with Gasteiger partial charge in [0, 0.05) is 18.8 Å². The lowest BCUT2D eigenvalue weighted by Gasteiger charge is -2.28. The smallest absolute Gasteiger partial charge is 0.240 e. The molecule has 1 aromatic rings. The molecule has 0 aromatic heterocycles. The average molecular weight is 353 g/mol. The molecule has 0 radical (unpaired) electrons. The van der Waals surface area contributed by atoms with Crippen molar-refractivity contribution in [1.82, 2.24) is 4.72 Å². The average Bonchev–Trinajstić information content (AvgIpc) is 3.40. The number of benzene rings is 1. The summed E-state index contributed by atoms with van der Waals surface area (Å²) in [6.07, 6.45) is 3.49. The Hall–Kier alpha value is -1.44. The highest BCUT2D eigenvalue weighted by Gasteiger charge is 2.33. The molecule has 24 heavy (non-hydrogen) atoms. The number of carbonyl (C=O) groups excluding carboxylic acids is 1. The molecule has 1 amide bonds. The zero-order chi connectivity index (χ0) is 17.8. The fourth-order valence-corrected chi connectivity index (χ4v) is 3.68. The van der Waals surface area contributed by atoms with Crippen molar-refractivity contribution in [3.63, 3.8) is 0 Å². The van der Waals surface area contributed by atoms with Crippen molar-refractivity contribution in [3.8, 4) is 0 Å². The molecule has 1 saturated carbocycles. The number of anilines is 1. The van der Waals surface area contributed by atoms with E-state index in [9.17, 15) is 13.2 Å². The monoisotopic (exact) mass is 353 g/mol. The maximum Gasteiger partial charge on any atom is 0.240 e. The van der Waals surface area contributed by atoms with Crippen molar-refractivity contribution in [2.45, 2.75) is 44.4 Å². The van der Waals surface area contributed by atoms with Gasteiger partial charge in [0.25, 0.3) is 0 Å². The zero-order valence-electron chi connectivity index (χ0n) is 14.3. The summed E-state index contributed by atoms with van der Waals surface area (Å²) in [6, 6.07) is 6.23. The highest BCUT2D eigenvalue weighted by molar-refractivity contribution is 7.89. The molecule has 4 N–H and O–H groups in total. The summed E-state index contributed by atoms with van der Waals surface area (Å²) in [5.41, 5.74) is 5.76. The molecule has 1 aromatic carbocycles. The number of hydrogen-bond donors (Lipinski definition) is 3. The van der Waals surface area contributed by atoms with Crippen molar-refractivity contribution in [1.29, 1.82) is 0 Å². The number of carbonyl (C=O) groups is 1. The van der Waals surface area contributed by atoms with E-state index >= 15 is 0 Å². The molecule has 0 atom stereocenters. The van der Waals surface area contributed by atoms with Crippen molar-refractivity contribution >= 4 is 21.6 Å². The lowest BCUT2D eigenvalue weighted by atomic mass is 9.81. The van der Waals surface area contributed by atoms with Crippen LogP contribution in [0.2, 0.25) is 0 Å². The van der Waals surface area contributed by atoms with Gasteiger partial charge in [-0.05, 0) is 55.9 Å². The Bertz CT molecular complexity index is 655. The molecule has 1 aliphatic rings. The number of nitrogens with one attached hydrogen (secondary N) is 2. The second-order valence-electron chi connectivity index (χ2n) is 6.47. The van der Waals surface area contributed by atoms with E-state index in [4.69, 9.17) is 5.73 Å². The molecule has 1 fully saturated rings. The van der Waals surface area contributed by atoms with Gasteiger partial charge in [-0.1, -0.05) is 13.8 Å². The van der Waals surface area contributed by atoms with Crippen LogP contribution >= 0.6 is 0 Å². The fraction of sp³-hybridized carbons (Fsp3) is 0.588. The van der Waals surface area contributed by atoms with Gasteiger partial charge in [0.2, 0.25) is 15.9 Å². The van der Waals surface area contributed by atoms with Gasteiger partial charge < -0.3 is 11.1 Å². The topological polar surface area (TPSA) is 101 Å². The summed E-state index contributed by atoms with van der Waals surface area (Å²) in [5.74, 6) is 0.350. The summed E-state index contributed by atoms with van der Waals surface area (Å²) < 4.78 is 27.0. The molecule has 0 aliphatic heterocycles. The number of rotatable bonds is 9. The van der Waals surface area contributed by atoms with Gasteiger partial charge >= 0.3 is 0 Å². The van der Waals surface area contributed by atoms with E-state index in [1.165, 1.54) is 12.1 Å². The number of hydrogen-bond acceptors (Lipinski definition) is 4. The van der Waals surface area contributed by atoms with Crippen LogP contribution in [0.15, 0.2) is 29.2 Å². The molecule has 6 nitrogen and oxygen atoms in total. The summed E-state index contributed by atoms with van der Waals surface area (Å²) in [6.45, 7) is 4.66. The van der Waals surface area contributed by atoms with Crippen LogP contribution in [0, 0.1) is 11.3 Å². The summed E-state index contributed by atoms with van der Waals surface area (Å²) in [4.78, 5) is 12.7. The number of amides is 1. The summed E-state index contributed by atoms with van der Waals surface area (Å²) in [5, 5.41) is 2.84. The maximum atomic E-state index is 12.5. The first-order chi connectivity index (χ1) is 11.4. The van der Waals surface area contributed by atoms with Gasteiger partial charge in [-0.15, -0.1) is 0 Å². The van der Waals surface area contributed by atoms with Crippen LogP contribution in [0.5, 0.6) is 0 Å². The SMILES string of the molecule is CCC(CC)(CN)C(=O)Nc1ccc(S(=O)(=O)NCC2CC2)cc1. The summed E-state index contributed by atoms with van der Waals surface area (Å²) in [7, 11) is -3.49. The molecule has 2 rings (SSSR count). The number of nitrogens with two attached hydrogens (primary N) is 1. The predicted molar refractivity (Wildman–Crippen MR) is 95.1 cm³/mol. The minimum atomic E-state index is -3.49. The van der Waals surface area contributed by atoms with Crippen molar-refractivity contribution in [2.24, 2.45) is 17.1 Å². The molecule has 0 bridgehead atoms. The van der Waals surface area contributed by atoms with E-state index in [0.29, 0.717) is 31.0 Å². The largest absolute Gasteiger partial charge is 0.329 e. The Labute approximate surface area is 144 Å². The van der Waals surface area contributed by atoms with Crippen LogP contribution in [0.25, 0.3) is 0 Å². The summed E-state index contributed by atoms with van der Waals surface area (Å²) >= 11 is 0. The lowest BCUT2D eigenvalue weighted by molar-refractivity contribution is -0.125. The quantitative estimate of drug-likeness (QED) is 0.632. The van der Waals surface area contributed by atoms with Gasteiger partial charge in [-0.2, -0.15) is 0 Å². The molecule has 1 aliphatic carbocycles. The molecular weight excluding hydrogens is 326 g/mol. The molecule has 7 heteroatoms. The van der Waals surface area contributed by atoms with Crippen LogP contribution in [-0.2, 0) is 14.8 Å². The zero-order valence-corrected chi connectivity index (χ0v) is 15.2. The van der Waals surface area contributed by atoms with Crippen LogP contribution in [0.1, 0.15) is 39.5 Å². The van der Waals surface area contributed by atoms with E-state index in [1.54, 1.807) is 12.1 Å². The van der Waals surface area contributed by atoms with Crippen molar-refractivity contribution in [2.75, 3.05) is 18.4 Å². The van der Waals surface area contributed by atoms with Gasteiger partial charge in [0.05, 0.1) is 10.3 Å². The molecule has 0 saturated heterocycles. The standard InChI is InChI=1S/C17H27N3O3S/c1-3-17(4-2,12-18)16(21)20-14-7-9-15(10-8-14)24(22,23)19-11-13-5-6-13/h7-10,13,19H,3-6,11-12,18H2,1-2H3,(H,20,21). The Morgan fingerprint density at radius 1 is 1.21 bits per heavy atom. The van der Waals surface area contributed by atoms with Gasteiger partial charge in [-0.25, -0.2) is 13.1 Å². The second-order valence-corrected chi connectivity index (χ2v) is 8.23. The molecule has 0 heterocycles. The van der Waals surface area contributed by atoms with Gasteiger partial charge in [0.1, 0.15) is 0 Å². The second kappa shape index (κ2) is 7.63. The van der Waals surface area contributed by atoms with Crippen molar-refractivity contribution < 1.29 is 13.2 Å². The van der Waals surface area contributed by atoms with Crippen LogP contribution < -0.4 is 15.8 Å². The molecule has 0 unspecified atom stereocenters. The van der Waals surface area contributed by atoms with Crippen LogP contribution in [0.3, 0.4) is 0 Å². The minimum absolute atomic E-state index is 0.127. The normalized spacial score (nSPS) is 15.3. The first-order valence-corrected chi connectivity index (χ1v) is 9.96. The van der Waals surface area contributed by atoms with Crippen LogP contribution in [0.4, 0.5) is 5.69 Å². The highest BCUT2D eigenvalue weighted by atomic mass is 32.2. The highest BCUT2D eigenvalue weighted by Crippen LogP contribution is 2.29. The van der Waals surface area contributed by atoms with E-state index in [1.807, 2.05) is 13.8 Å². The predicted octanol–water partition coefficient (Wildman–Crippen LogP) is 2.08. The van der Waals surface area contributed by atoms with E-state index in [0.717, 1.165) is 12.8 Å². The molecular formula is C17H27N3O3S. The van der Waals surface area contributed by atoms with E-state index < -0.39 is 15.4 Å². The lowest BCUT2D eigenvalue weighted by Crippen LogP contribution is -2.41. The minimum Gasteiger partial charge on any atom is -0.329 e. The first kappa shape index (κ1) is 18.9. The first-order valence-electron chi connectivity index (χ1n) is 8.48. The van der Waals surface area contributed by atoms with Crippen molar-refractivity contribution in [3.05, 3.63) is 24.3 Å². The van der Waals surface area contributed by atoms with Gasteiger partial charge in [0.15, 0.2) is 0 Å². The third kappa shape index (κ3) is 4.34. The molecule has 0 spiro atoms. The Kier molecular flexibility index (Phi) is 6.01. The van der Waals surface area contributed by atoms with Gasteiger partial charge in [-0.3, -0.25) is 4.79 Å². The van der Waals surface area contributed by atoms with Crippen LogP contribution in [-0.4, -0.2) is 27.4 Å². The fourth-order valence-electron chi connectivity index (χ4n) is 2.57. The number of sulfonamides is 1. The maximum absolute atomic E-state index is 12.5. The third-order valence-electron chi connectivity index (χ3n) is 4.91. The Morgan fingerprint density at radius 3 is 2.25 bits per heavy atom. The Balaban J connectivity index is 2.04. The van der Waals surface area contributed by atoms with E-state index in [2.05, 4.69) is 10.0 Å². The third-order valence-corrected chi connectivity index (χ3v) is 6.35. The molecule has 134 valence electrons. The van der Waals surface area contributed by atoms with E-state index in [-0.39, 0.29) is 17.3 Å². The Morgan fingerprint density at radius 2 is 1.79 bits per heavy atom.